The first-order valence-electron chi connectivity index (χ1n) is 5.53. The lowest BCUT2D eigenvalue weighted by molar-refractivity contribution is -0.384. The number of hydrogen-bond acceptors (Lipinski definition) is 7. The molecule has 0 amide bonds. The highest BCUT2D eigenvalue weighted by Gasteiger charge is 2.18. The van der Waals surface area contributed by atoms with Gasteiger partial charge in [0.1, 0.15) is 12.0 Å². The van der Waals surface area contributed by atoms with Crippen LogP contribution in [-0.4, -0.2) is 14.9 Å². The molecule has 0 bridgehead atoms. The van der Waals surface area contributed by atoms with Gasteiger partial charge in [-0.3, -0.25) is 15.5 Å². The number of nitrogens with zero attached hydrogens (tertiary/aromatic N) is 3. The second-order valence-electron chi connectivity index (χ2n) is 3.87. The molecule has 4 N–H and O–H groups in total. The average molecular weight is 278 g/mol. The first kappa shape index (κ1) is 13.6. The number of nitrogens with one attached hydrogen (secondary N) is 2. The maximum Gasteiger partial charge on any atom is 0.329 e. The summed E-state index contributed by atoms with van der Waals surface area (Å²) in [4.78, 5) is 17.8. The fourth-order valence-corrected chi connectivity index (χ4v) is 1.54. The number of hydrazine groups is 1. The Balaban J connectivity index is 2.46. The lowest BCUT2D eigenvalue weighted by Gasteiger charge is -2.10. The molecule has 0 spiro atoms. The van der Waals surface area contributed by atoms with E-state index in [0.717, 1.165) is 6.20 Å². The van der Waals surface area contributed by atoms with Crippen molar-refractivity contribution in [1.29, 1.82) is 0 Å². The molecule has 9 heteroatoms. The van der Waals surface area contributed by atoms with Crippen molar-refractivity contribution in [3.63, 3.8) is 0 Å². The number of nitrogens with two attached hydrogens (primary N) is 1. The summed E-state index contributed by atoms with van der Waals surface area (Å²) < 4.78 is 13.4. The molecule has 8 nitrogen and oxygen atoms in total. The van der Waals surface area contributed by atoms with Crippen LogP contribution in [0.15, 0.2) is 24.4 Å². The number of benzene rings is 1. The molecule has 0 fully saturated rings. The average Bonchev–Trinajstić information content (AvgIpc) is 2.43. The van der Waals surface area contributed by atoms with Crippen LogP contribution in [0.25, 0.3) is 0 Å². The lowest BCUT2D eigenvalue weighted by Crippen LogP contribution is -2.12. The van der Waals surface area contributed by atoms with Gasteiger partial charge in [-0.2, -0.15) is 4.98 Å². The molecule has 1 aromatic heterocycles. The van der Waals surface area contributed by atoms with E-state index in [1.165, 1.54) is 12.1 Å². The number of rotatable bonds is 4. The standard InChI is InChI=1S/C11H11FN6O2/c1-6-7(12)3-2-4-8(6)15-10-9(18(19)20)5-14-11(16-10)17-13/h2-5H,13H2,1H3,(H2,14,15,16,17). The van der Waals surface area contributed by atoms with Gasteiger partial charge >= 0.3 is 5.69 Å². The van der Waals surface area contributed by atoms with Crippen LogP contribution in [0.2, 0.25) is 0 Å². The zero-order valence-corrected chi connectivity index (χ0v) is 10.4. The molecule has 104 valence electrons. The van der Waals surface area contributed by atoms with Crippen LogP contribution >= 0.6 is 0 Å². The highest BCUT2D eigenvalue weighted by Crippen LogP contribution is 2.27. The SMILES string of the molecule is Cc1c(F)cccc1Nc1nc(NN)ncc1[N+](=O)[O-]. The quantitative estimate of drug-likeness (QED) is 0.443. The van der Waals surface area contributed by atoms with Crippen molar-refractivity contribution in [2.45, 2.75) is 6.92 Å². The van der Waals surface area contributed by atoms with E-state index in [0.29, 0.717) is 11.3 Å². The first-order chi connectivity index (χ1) is 9.52. The van der Waals surface area contributed by atoms with E-state index in [1.807, 2.05) is 0 Å². The maximum atomic E-state index is 13.4. The van der Waals surface area contributed by atoms with E-state index in [1.54, 1.807) is 13.0 Å². The molecule has 0 unspecified atom stereocenters. The number of halogens is 1. The fraction of sp³-hybridized carbons (Fsp3) is 0.0909. The van der Waals surface area contributed by atoms with E-state index in [4.69, 9.17) is 5.84 Å². The summed E-state index contributed by atoms with van der Waals surface area (Å²) in [7, 11) is 0. The van der Waals surface area contributed by atoms with Gasteiger partial charge < -0.3 is 5.32 Å². The molecule has 0 aliphatic heterocycles. The predicted molar refractivity (Wildman–Crippen MR) is 70.9 cm³/mol. The molecule has 0 saturated heterocycles. The van der Waals surface area contributed by atoms with Crippen molar-refractivity contribution in [2.75, 3.05) is 10.7 Å². The van der Waals surface area contributed by atoms with E-state index < -0.39 is 10.7 Å². The topological polar surface area (TPSA) is 119 Å². The van der Waals surface area contributed by atoms with Crippen LogP contribution in [-0.2, 0) is 0 Å². The second-order valence-corrected chi connectivity index (χ2v) is 3.87. The van der Waals surface area contributed by atoms with E-state index >= 15 is 0 Å². The number of nitro groups is 1. The Morgan fingerprint density at radius 2 is 2.20 bits per heavy atom. The summed E-state index contributed by atoms with van der Waals surface area (Å²) in [5.74, 6) is 4.66. The van der Waals surface area contributed by atoms with Gasteiger partial charge in [0, 0.05) is 11.3 Å². The van der Waals surface area contributed by atoms with Crippen LogP contribution in [0.4, 0.5) is 27.5 Å². The van der Waals surface area contributed by atoms with Gasteiger partial charge in [0.2, 0.25) is 11.8 Å². The summed E-state index contributed by atoms with van der Waals surface area (Å²) in [6, 6.07) is 4.36. The molecule has 0 radical (unpaired) electrons. The smallest absolute Gasteiger partial charge is 0.329 e. The minimum Gasteiger partial charge on any atom is -0.334 e. The van der Waals surface area contributed by atoms with Crippen LogP contribution in [0.5, 0.6) is 0 Å². The van der Waals surface area contributed by atoms with Crippen LogP contribution < -0.4 is 16.6 Å². The minimum absolute atomic E-state index is 0.00663. The fourth-order valence-electron chi connectivity index (χ4n) is 1.54. The van der Waals surface area contributed by atoms with Gasteiger partial charge in [0.15, 0.2) is 0 Å². The molecule has 0 aliphatic carbocycles. The van der Waals surface area contributed by atoms with Crippen LogP contribution in [0, 0.1) is 22.9 Å². The van der Waals surface area contributed by atoms with Crippen molar-refractivity contribution in [2.24, 2.45) is 5.84 Å². The van der Waals surface area contributed by atoms with Gasteiger partial charge in [-0.1, -0.05) is 6.07 Å². The van der Waals surface area contributed by atoms with Crippen LogP contribution in [0.1, 0.15) is 5.56 Å². The van der Waals surface area contributed by atoms with Gasteiger partial charge in [0.25, 0.3) is 0 Å². The summed E-state index contributed by atoms with van der Waals surface area (Å²) in [5.41, 5.74) is 2.54. The summed E-state index contributed by atoms with van der Waals surface area (Å²) >= 11 is 0. The lowest BCUT2D eigenvalue weighted by atomic mass is 10.2. The first-order valence-corrected chi connectivity index (χ1v) is 5.53. The Morgan fingerprint density at radius 3 is 2.85 bits per heavy atom. The number of hydrogen-bond donors (Lipinski definition) is 3. The van der Waals surface area contributed by atoms with Crippen molar-refractivity contribution in [3.05, 3.63) is 45.9 Å². The maximum absolute atomic E-state index is 13.4. The van der Waals surface area contributed by atoms with Crippen molar-refractivity contribution < 1.29 is 9.31 Å². The molecule has 0 aliphatic rings. The Labute approximate surface area is 113 Å². The van der Waals surface area contributed by atoms with Crippen molar-refractivity contribution in [1.82, 2.24) is 9.97 Å². The number of anilines is 3. The normalized spacial score (nSPS) is 10.2. The second kappa shape index (κ2) is 5.45. The van der Waals surface area contributed by atoms with Gasteiger partial charge in [-0.25, -0.2) is 15.2 Å². The van der Waals surface area contributed by atoms with Crippen molar-refractivity contribution in [3.8, 4) is 0 Å². The zero-order valence-electron chi connectivity index (χ0n) is 10.4. The molecule has 1 aromatic carbocycles. The highest BCUT2D eigenvalue weighted by atomic mass is 19.1. The van der Waals surface area contributed by atoms with Gasteiger partial charge in [0.05, 0.1) is 4.92 Å². The Hall–Kier alpha value is -2.81. The van der Waals surface area contributed by atoms with E-state index in [9.17, 15) is 14.5 Å². The molecular weight excluding hydrogens is 267 g/mol. The molecule has 20 heavy (non-hydrogen) atoms. The Bertz CT molecular complexity index is 663. The summed E-state index contributed by atoms with van der Waals surface area (Å²) in [5, 5.41) is 13.6. The molecule has 0 atom stereocenters. The number of aromatic nitrogens is 2. The van der Waals surface area contributed by atoms with Crippen molar-refractivity contribution >= 4 is 23.1 Å². The van der Waals surface area contributed by atoms with E-state index in [-0.39, 0.29) is 17.5 Å². The molecule has 1 heterocycles. The van der Waals surface area contributed by atoms with Crippen LogP contribution in [0.3, 0.4) is 0 Å². The van der Waals surface area contributed by atoms with E-state index in [2.05, 4.69) is 20.7 Å². The Morgan fingerprint density at radius 1 is 1.45 bits per heavy atom. The molecule has 2 aromatic rings. The van der Waals surface area contributed by atoms with Gasteiger partial charge in [-0.15, -0.1) is 0 Å². The Kier molecular flexibility index (Phi) is 3.71. The molecular formula is C11H11FN6O2. The molecule has 0 saturated carbocycles. The third-order valence-electron chi connectivity index (χ3n) is 2.62. The monoisotopic (exact) mass is 278 g/mol. The third kappa shape index (κ3) is 2.62. The predicted octanol–water partition coefficient (Wildman–Crippen LogP) is 1.86. The molecule has 2 rings (SSSR count). The largest absolute Gasteiger partial charge is 0.334 e. The minimum atomic E-state index is -0.642. The van der Waals surface area contributed by atoms with Gasteiger partial charge in [-0.05, 0) is 19.1 Å². The zero-order chi connectivity index (χ0) is 14.7. The number of nitrogen functional groups attached to an aromatic ring is 1. The highest BCUT2D eigenvalue weighted by molar-refractivity contribution is 5.68. The summed E-state index contributed by atoms with van der Waals surface area (Å²) in [6.07, 6.45) is 1.01. The summed E-state index contributed by atoms with van der Waals surface area (Å²) in [6.45, 7) is 1.55. The third-order valence-corrected chi connectivity index (χ3v) is 2.62.